The Morgan fingerprint density at radius 3 is 2.53 bits per heavy atom. The van der Waals surface area contributed by atoms with E-state index < -0.39 is 0 Å². The van der Waals surface area contributed by atoms with E-state index >= 15 is 0 Å². The molecule has 0 aliphatic carbocycles. The van der Waals surface area contributed by atoms with Gasteiger partial charge >= 0.3 is 0 Å². The summed E-state index contributed by atoms with van der Waals surface area (Å²) in [5.74, 6) is 0.856. The molecule has 2 aromatic rings. The number of benzene rings is 1. The molecule has 4 nitrogen and oxygen atoms in total. The molecule has 0 unspecified atom stereocenters. The van der Waals surface area contributed by atoms with Gasteiger partial charge in [0.2, 0.25) is 0 Å². The van der Waals surface area contributed by atoms with Gasteiger partial charge in [0.05, 0.1) is 6.26 Å². The summed E-state index contributed by atoms with van der Waals surface area (Å²) in [6.45, 7) is 1.89. The Morgan fingerprint density at radius 1 is 1.21 bits per heavy atom. The third kappa shape index (κ3) is 3.23. The van der Waals surface area contributed by atoms with Gasteiger partial charge in [0.15, 0.2) is 17.8 Å². The first-order chi connectivity index (χ1) is 9.22. The lowest BCUT2D eigenvalue weighted by molar-refractivity contribution is -0.706. The number of carbonyl (C=O) groups is 1. The van der Waals surface area contributed by atoms with Crippen LogP contribution >= 0.6 is 0 Å². The van der Waals surface area contributed by atoms with Gasteiger partial charge in [-0.2, -0.15) is 0 Å². The van der Waals surface area contributed by atoms with Crippen LogP contribution in [0.15, 0.2) is 53.1 Å². The molecular formula is C15H19N2O2+. The maximum atomic E-state index is 11.7. The maximum absolute atomic E-state index is 11.7. The smallest absolute Gasteiger partial charge is 0.277 e. The third-order valence-electron chi connectivity index (χ3n) is 3.15. The maximum Gasteiger partial charge on any atom is 0.277 e. The van der Waals surface area contributed by atoms with E-state index in [-0.39, 0.29) is 18.0 Å². The highest BCUT2D eigenvalue weighted by atomic mass is 16.3. The molecule has 1 heterocycles. The van der Waals surface area contributed by atoms with Crippen LogP contribution in [-0.4, -0.2) is 19.0 Å². The second kappa shape index (κ2) is 6.20. The predicted octanol–water partition coefficient (Wildman–Crippen LogP) is 1.07. The van der Waals surface area contributed by atoms with Crippen LogP contribution in [0.25, 0.3) is 0 Å². The van der Waals surface area contributed by atoms with Crippen molar-refractivity contribution in [2.75, 3.05) is 7.05 Å². The Balaban J connectivity index is 2.24. The zero-order chi connectivity index (χ0) is 13.7. The molecule has 3 N–H and O–H groups in total. The Labute approximate surface area is 112 Å². The summed E-state index contributed by atoms with van der Waals surface area (Å²) in [7, 11) is 1.65. The van der Waals surface area contributed by atoms with Gasteiger partial charge in [0.25, 0.3) is 5.91 Å². The van der Waals surface area contributed by atoms with Gasteiger partial charge in [-0.3, -0.25) is 4.79 Å². The van der Waals surface area contributed by atoms with Crippen molar-refractivity contribution >= 4 is 5.91 Å². The molecule has 0 bridgehead atoms. The second-order valence-electron chi connectivity index (χ2n) is 4.50. The van der Waals surface area contributed by atoms with E-state index in [2.05, 4.69) is 5.32 Å². The van der Waals surface area contributed by atoms with Gasteiger partial charge in [-0.15, -0.1) is 0 Å². The number of furan rings is 1. The lowest BCUT2D eigenvalue weighted by Gasteiger charge is -2.17. The highest BCUT2D eigenvalue weighted by molar-refractivity contribution is 5.79. The molecule has 1 aromatic heterocycles. The predicted molar refractivity (Wildman–Crippen MR) is 72.4 cm³/mol. The molecule has 2 atom stereocenters. The molecule has 0 aliphatic rings. The highest BCUT2D eigenvalue weighted by Gasteiger charge is 2.25. The van der Waals surface area contributed by atoms with Crippen LogP contribution in [0.2, 0.25) is 0 Å². The molecule has 0 radical (unpaired) electrons. The molecule has 0 fully saturated rings. The normalized spacial score (nSPS) is 13.8. The van der Waals surface area contributed by atoms with Crippen LogP contribution in [0, 0.1) is 0 Å². The van der Waals surface area contributed by atoms with E-state index in [1.165, 1.54) is 0 Å². The van der Waals surface area contributed by atoms with Crippen molar-refractivity contribution in [2.45, 2.75) is 19.0 Å². The van der Waals surface area contributed by atoms with Gasteiger partial charge in [-0.25, -0.2) is 0 Å². The van der Waals surface area contributed by atoms with Gasteiger partial charge in [0, 0.05) is 12.6 Å². The summed E-state index contributed by atoms with van der Waals surface area (Å²) >= 11 is 0. The van der Waals surface area contributed by atoms with Gasteiger partial charge in [-0.1, -0.05) is 30.3 Å². The highest BCUT2D eigenvalue weighted by Crippen LogP contribution is 2.18. The minimum Gasteiger partial charge on any atom is -0.463 e. The number of hydrogen-bond acceptors (Lipinski definition) is 2. The van der Waals surface area contributed by atoms with Crippen molar-refractivity contribution in [3.05, 3.63) is 60.1 Å². The lowest BCUT2D eigenvalue weighted by Crippen LogP contribution is -2.92. The topological polar surface area (TPSA) is 58.9 Å². The number of nitrogens with one attached hydrogen (secondary N) is 1. The fourth-order valence-electron chi connectivity index (χ4n) is 2.10. The van der Waals surface area contributed by atoms with Crippen molar-refractivity contribution in [3.63, 3.8) is 0 Å². The van der Waals surface area contributed by atoms with E-state index in [0.29, 0.717) is 0 Å². The van der Waals surface area contributed by atoms with Crippen molar-refractivity contribution < 1.29 is 14.5 Å². The van der Waals surface area contributed by atoms with Crippen molar-refractivity contribution in [3.8, 4) is 0 Å². The summed E-state index contributed by atoms with van der Waals surface area (Å²) < 4.78 is 5.50. The summed E-state index contributed by atoms with van der Waals surface area (Å²) in [6, 6.07) is 13.6. The first-order valence-corrected chi connectivity index (χ1v) is 6.37. The van der Waals surface area contributed by atoms with Gasteiger partial charge < -0.3 is 15.1 Å². The number of rotatable bonds is 5. The summed E-state index contributed by atoms with van der Waals surface area (Å²) in [5.41, 5.74) is 1.12. The third-order valence-corrected chi connectivity index (χ3v) is 3.15. The molecule has 0 spiro atoms. The SMILES string of the molecule is CNC(=O)[C@H](C)[NH2+][C@H](c1ccccc1)c1ccco1. The van der Waals surface area contributed by atoms with Crippen LogP contribution in [0.3, 0.4) is 0 Å². The van der Waals surface area contributed by atoms with E-state index in [9.17, 15) is 4.79 Å². The van der Waals surface area contributed by atoms with Crippen LogP contribution < -0.4 is 10.6 Å². The summed E-state index contributed by atoms with van der Waals surface area (Å²) in [5, 5.41) is 4.67. The molecule has 19 heavy (non-hydrogen) atoms. The van der Waals surface area contributed by atoms with Crippen LogP contribution in [-0.2, 0) is 4.79 Å². The molecule has 1 aromatic carbocycles. The molecule has 4 heteroatoms. The zero-order valence-corrected chi connectivity index (χ0v) is 11.2. The zero-order valence-electron chi connectivity index (χ0n) is 11.2. The molecule has 1 amide bonds. The summed E-state index contributed by atoms with van der Waals surface area (Å²) in [4.78, 5) is 11.7. The number of quaternary nitrogens is 1. The first-order valence-electron chi connectivity index (χ1n) is 6.37. The molecular weight excluding hydrogens is 240 g/mol. The molecule has 0 saturated carbocycles. The number of hydrogen-bond donors (Lipinski definition) is 2. The molecule has 0 aliphatic heterocycles. The summed E-state index contributed by atoms with van der Waals surface area (Å²) in [6.07, 6.45) is 1.66. The standard InChI is InChI=1S/C15H18N2O2/c1-11(15(18)16-2)17-14(13-9-6-10-19-13)12-7-4-3-5-8-12/h3-11,14,17H,1-2H3,(H,16,18)/p+1/t11-,14+/m0/s1. The van der Waals surface area contributed by atoms with Gasteiger partial charge in [0.1, 0.15) is 0 Å². The fourth-order valence-corrected chi connectivity index (χ4v) is 2.10. The van der Waals surface area contributed by atoms with Crippen molar-refractivity contribution in [2.24, 2.45) is 0 Å². The number of carbonyl (C=O) groups excluding carboxylic acids is 1. The lowest BCUT2D eigenvalue weighted by atomic mass is 10.0. The van der Waals surface area contributed by atoms with E-state index in [1.807, 2.05) is 54.7 Å². The Kier molecular flexibility index (Phi) is 4.36. The van der Waals surface area contributed by atoms with Crippen molar-refractivity contribution in [1.29, 1.82) is 0 Å². The molecule has 100 valence electrons. The largest absolute Gasteiger partial charge is 0.463 e. The average molecular weight is 259 g/mol. The monoisotopic (exact) mass is 259 g/mol. The second-order valence-corrected chi connectivity index (χ2v) is 4.50. The van der Waals surface area contributed by atoms with Crippen LogP contribution in [0.5, 0.6) is 0 Å². The van der Waals surface area contributed by atoms with Crippen LogP contribution in [0.1, 0.15) is 24.3 Å². The Bertz CT molecular complexity index is 508. The molecule has 2 rings (SSSR count). The fraction of sp³-hybridized carbons (Fsp3) is 0.267. The average Bonchev–Trinajstić information content (AvgIpc) is 2.98. The Morgan fingerprint density at radius 2 is 1.95 bits per heavy atom. The number of likely N-dealkylation sites (N-methyl/N-ethyl adjacent to an activating group) is 1. The van der Waals surface area contributed by atoms with E-state index in [1.54, 1.807) is 13.3 Å². The number of nitrogens with two attached hydrogens (primary N) is 1. The first kappa shape index (κ1) is 13.4. The van der Waals surface area contributed by atoms with Crippen LogP contribution in [0.4, 0.5) is 0 Å². The van der Waals surface area contributed by atoms with Gasteiger partial charge in [-0.05, 0) is 19.1 Å². The Hall–Kier alpha value is -2.07. The quantitative estimate of drug-likeness (QED) is 0.843. The van der Waals surface area contributed by atoms with Crippen molar-refractivity contribution in [1.82, 2.24) is 5.32 Å². The minimum absolute atomic E-state index is 0.00693. The minimum atomic E-state index is -0.180. The number of amides is 1. The molecule has 0 saturated heterocycles. The van der Waals surface area contributed by atoms with E-state index in [0.717, 1.165) is 11.3 Å². The van der Waals surface area contributed by atoms with E-state index in [4.69, 9.17) is 4.42 Å².